The lowest BCUT2D eigenvalue weighted by Crippen LogP contribution is -3.15. The maximum Gasteiger partial charge on any atom is 0.245 e. The highest BCUT2D eigenvalue weighted by Gasteiger charge is 2.20. The first-order chi connectivity index (χ1) is 13.6. The van der Waals surface area contributed by atoms with Crippen LogP contribution in [0.3, 0.4) is 0 Å². The van der Waals surface area contributed by atoms with Crippen molar-refractivity contribution in [1.29, 1.82) is 0 Å². The zero-order valence-electron chi connectivity index (χ0n) is 15.6. The second-order valence-electron chi connectivity index (χ2n) is 6.78. The number of nitrogens with one attached hydrogen (secondary N) is 2. The Bertz CT molecular complexity index is 813. The van der Waals surface area contributed by atoms with Crippen molar-refractivity contribution in [3.63, 3.8) is 0 Å². The van der Waals surface area contributed by atoms with E-state index in [1.54, 1.807) is 12.1 Å². The molecule has 0 aliphatic carbocycles. The Morgan fingerprint density at radius 3 is 2.39 bits per heavy atom. The average Bonchev–Trinajstić information content (AvgIpc) is 2.73. The van der Waals surface area contributed by atoms with Gasteiger partial charge in [-0.15, -0.1) is 0 Å². The molecule has 1 saturated heterocycles. The van der Waals surface area contributed by atoms with Crippen molar-refractivity contribution in [3.05, 3.63) is 65.7 Å². The van der Waals surface area contributed by atoms with Crippen molar-refractivity contribution in [1.82, 2.24) is 5.43 Å². The van der Waals surface area contributed by atoms with Crippen molar-refractivity contribution in [2.24, 2.45) is 5.10 Å². The van der Waals surface area contributed by atoms with Crippen LogP contribution in [-0.2, 0) is 4.79 Å². The molecule has 1 amide bonds. The van der Waals surface area contributed by atoms with Gasteiger partial charge in [0.15, 0.2) is 0 Å². The number of hydrogen-bond acceptors (Lipinski definition) is 5. The molecule has 2 N–H and O–H groups in total. The van der Waals surface area contributed by atoms with Gasteiger partial charge in [0.1, 0.15) is 0 Å². The molecule has 1 aliphatic rings. The van der Waals surface area contributed by atoms with Crippen LogP contribution < -0.4 is 20.3 Å². The van der Waals surface area contributed by atoms with Crippen molar-refractivity contribution in [2.45, 2.75) is 6.42 Å². The Labute approximate surface area is 164 Å². The molecule has 0 radical (unpaired) electrons. The van der Waals surface area contributed by atoms with Gasteiger partial charge in [-0.25, -0.2) is 5.43 Å². The highest BCUT2D eigenvalue weighted by Crippen LogP contribution is 2.12. The van der Waals surface area contributed by atoms with Crippen LogP contribution in [0.25, 0.3) is 0 Å². The first-order valence-corrected chi connectivity index (χ1v) is 9.39. The van der Waals surface area contributed by atoms with Gasteiger partial charge in [-0.2, -0.15) is 5.10 Å². The first kappa shape index (κ1) is 19.6. The molecule has 0 spiro atoms. The van der Waals surface area contributed by atoms with Crippen molar-refractivity contribution >= 4 is 23.8 Å². The summed E-state index contributed by atoms with van der Waals surface area (Å²) in [5.74, 6) is -1.34. The van der Waals surface area contributed by atoms with Crippen LogP contribution in [-0.4, -0.2) is 50.8 Å². The first-order valence-electron chi connectivity index (χ1n) is 9.39. The second-order valence-corrected chi connectivity index (χ2v) is 6.78. The SMILES string of the molecule is O=C(CC[NH+]1CCN(c2ccccc2)CC1)N/N=C\c1ccc(C(=O)[O-])cc1. The van der Waals surface area contributed by atoms with Crippen LogP contribution in [0.1, 0.15) is 22.3 Å². The molecule has 28 heavy (non-hydrogen) atoms. The fraction of sp³-hybridized carbons (Fsp3) is 0.286. The number of quaternary nitrogens is 1. The Kier molecular flexibility index (Phi) is 6.75. The van der Waals surface area contributed by atoms with E-state index in [2.05, 4.69) is 39.7 Å². The fourth-order valence-corrected chi connectivity index (χ4v) is 3.20. The van der Waals surface area contributed by atoms with E-state index in [0.29, 0.717) is 12.0 Å². The lowest BCUT2D eigenvalue weighted by Gasteiger charge is -2.33. The topological polar surface area (TPSA) is 89.3 Å². The van der Waals surface area contributed by atoms with Crippen LogP contribution in [0.2, 0.25) is 0 Å². The van der Waals surface area contributed by atoms with Gasteiger partial charge in [-0.3, -0.25) is 4.79 Å². The summed E-state index contributed by atoms with van der Waals surface area (Å²) in [6.07, 6.45) is 1.91. The summed E-state index contributed by atoms with van der Waals surface area (Å²) in [5.41, 5.74) is 4.58. The van der Waals surface area contributed by atoms with E-state index in [1.165, 1.54) is 28.9 Å². The standard InChI is InChI=1S/C21H24N4O3/c26-20(23-22-16-17-6-8-18(9-7-17)21(27)28)10-11-24-12-14-25(15-13-24)19-4-2-1-3-5-19/h1-9,16H,10-15H2,(H,23,26)(H,27,28)/b22-16-. The number of hydrazone groups is 1. The minimum absolute atomic E-state index is 0.108. The number of aromatic carboxylic acids is 1. The normalized spacial score (nSPS) is 14.9. The second kappa shape index (κ2) is 9.66. The van der Waals surface area contributed by atoms with E-state index in [0.717, 1.165) is 32.7 Å². The van der Waals surface area contributed by atoms with Gasteiger partial charge in [0.2, 0.25) is 5.91 Å². The summed E-state index contributed by atoms with van der Waals surface area (Å²) in [5, 5.41) is 14.6. The van der Waals surface area contributed by atoms with E-state index in [1.807, 2.05) is 6.07 Å². The monoisotopic (exact) mass is 380 g/mol. The molecule has 0 saturated carbocycles. The molecule has 1 fully saturated rings. The lowest BCUT2D eigenvalue weighted by molar-refractivity contribution is -0.900. The van der Waals surface area contributed by atoms with Crippen LogP contribution in [0.5, 0.6) is 0 Å². The van der Waals surface area contributed by atoms with Gasteiger partial charge in [0, 0.05) is 5.69 Å². The van der Waals surface area contributed by atoms with Gasteiger partial charge >= 0.3 is 0 Å². The third kappa shape index (κ3) is 5.65. The van der Waals surface area contributed by atoms with Crippen LogP contribution in [0.15, 0.2) is 59.7 Å². The highest BCUT2D eigenvalue weighted by molar-refractivity contribution is 5.88. The Balaban J connectivity index is 1.36. The molecule has 7 heteroatoms. The summed E-state index contributed by atoms with van der Waals surface area (Å²) in [4.78, 5) is 26.5. The third-order valence-corrected chi connectivity index (χ3v) is 4.85. The number of amides is 1. The molecule has 1 aliphatic heterocycles. The van der Waals surface area contributed by atoms with Gasteiger partial charge in [0.05, 0.1) is 51.3 Å². The number of carboxylic acids is 1. The fourth-order valence-electron chi connectivity index (χ4n) is 3.20. The predicted octanol–water partition coefficient (Wildman–Crippen LogP) is -0.705. The quantitative estimate of drug-likeness (QED) is 0.491. The molecule has 1 heterocycles. The number of anilines is 1. The number of para-hydroxylation sites is 1. The van der Waals surface area contributed by atoms with Crippen LogP contribution in [0.4, 0.5) is 5.69 Å². The van der Waals surface area contributed by atoms with Crippen molar-refractivity contribution < 1.29 is 19.6 Å². The summed E-state index contributed by atoms with van der Waals surface area (Å²) in [7, 11) is 0. The molecule has 0 bridgehead atoms. The summed E-state index contributed by atoms with van der Waals surface area (Å²) in [6.45, 7) is 4.78. The molecule has 0 unspecified atom stereocenters. The van der Waals surface area contributed by atoms with E-state index in [4.69, 9.17) is 0 Å². The number of carboxylic acid groups (broad SMARTS) is 1. The van der Waals surface area contributed by atoms with Gasteiger partial charge < -0.3 is 19.7 Å². The molecular weight excluding hydrogens is 356 g/mol. The number of nitrogens with zero attached hydrogens (tertiary/aromatic N) is 2. The number of benzene rings is 2. The number of rotatable bonds is 7. The smallest absolute Gasteiger partial charge is 0.245 e. The van der Waals surface area contributed by atoms with Crippen molar-refractivity contribution in [3.8, 4) is 0 Å². The van der Waals surface area contributed by atoms with Gasteiger partial charge in [-0.05, 0) is 23.3 Å². The molecular formula is C21H24N4O3. The minimum atomic E-state index is -1.22. The Hall–Kier alpha value is -3.19. The Morgan fingerprint density at radius 2 is 1.75 bits per heavy atom. The number of hydrogen-bond donors (Lipinski definition) is 2. The average molecular weight is 380 g/mol. The number of carbonyl (C=O) groups excluding carboxylic acids is 2. The van der Waals surface area contributed by atoms with Gasteiger partial charge in [-0.1, -0.05) is 42.5 Å². The van der Waals surface area contributed by atoms with E-state index < -0.39 is 5.97 Å². The Morgan fingerprint density at radius 1 is 1.07 bits per heavy atom. The third-order valence-electron chi connectivity index (χ3n) is 4.85. The summed E-state index contributed by atoms with van der Waals surface area (Å²) < 4.78 is 0. The number of carbonyl (C=O) groups is 2. The lowest BCUT2D eigenvalue weighted by atomic mass is 10.1. The minimum Gasteiger partial charge on any atom is -0.545 e. The molecule has 0 atom stereocenters. The zero-order valence-corrected chi connectivity index (χ0v) is 15.6. The predicted molar refractivity (Wildman–Crippen MR) is 105 cm³/mol. The molecule has 3 rings (SSSR count). The maximum atomic E-state index is 12.0. The van der Waals surface area contributed by atoms with E-state index in [-0.39, 0.29) is 11.5 Å². The molecule has 0 aromatic heterocycles. The van der Waals surface area contributed by atoms with Crippen LogP contribution in [0, 0.1) is 0 Å². The zero-order chi connectivity index (χ0) is 19.8. The van der Waals surface area contributed by atoms with Crippen LogP contribution >= 0.6 is 0 Å². The molecule has 2 aromatic rings. The summed E-state index contributed by atoms with van der Waals surface area (Å²) >= 11 is 0. The highest BCUT2D eigenvalue weighted by atomic mass is 16.4. The number of piperazine rings is 1. The van der Waals surface area contributed by atoms with E-state index >= 15 is 0 Å². The maximum absolute atomic E-state index is 12.0. The molecule has 2 aromatic carbocycles. The molecule has 146 valence electrons. The van der Waals surface area contributed by atoms with Gasteiger partial charge in [0.25, 0.3) is 0 Å². The summed E-state index contributed by atoms with van der Waals surface area (Å²) in [6, 6.07) is 16.5. The molecule has 7 nitrogen and oxygen atoms in total. The van der Waals surface area contributed by atoms with Crippen molar-refractivity contribution in [2.75, 3.05) is 37.6 Å². The largest absolute Gasteiger partial charge is 0.545 e. The van der Waals surface area contributed by atoms with E-state index in [9.17, 15) is 14.7 Å².